The highest BCUT2D eigenvalue weighted by atomic mass is 16.6. The number of hydrogen-bond donors (Lipinski definition) is 1. The molecule has 1 amide bonds. The lowest BCUT2D eigenvalue weighted by Crippen LogP contribution is -2.21. The predicted octanol–water partition coefficient (Wildman–Crippen LogP) is 3.02. The number of rotatable bonds is 6. The van der Waals surface area contributed by atoms with E-state index in [0.29, 0.717) is 17.0 Å². The minimum Gasteiger partial charge on any atom is -0.496 e. The number of aryl methyl sites for hydroxylation is 2. The Morgan fingerprint density at radius 1 is 1.15 bits per heavy atom. The second-order valence-corrected chi connectivity index (χ2v) is 5.58. The molecule has 0 heterocycles. The van der Waals surface area contributed by atoms with Crippen LogP contribution in [-0.4, -0.2) is 30.5 Å². The lowest BCUT2D eigenvalue weighted by atomic mass is 10.1. The van der Waals surface area contributed by atoms with Gasteiger partial charge in [-0.1, -0.05) is 11.6 Å². The van der Waals surface area contributed by atoms with Crippen LogP contribution in [0, 0.1) is 24.0 Å². The Morgan fingerprint density at radius 2 is 1.88 bits per heavy atom. The van der Waals surface area contributed by atoms with Gasteiger partial charge in [0.05, 0.1) is 12.0 Å². The van der Waals surface area contributed by atoms with E-state index < -0.39 is 23.4 Å². The van der Waals surface area contributed by atoms with Gasteiger partial charge >= 0.3 is 5.97 Å². The van der Waals surface area contributed by atoms with E-state index in [1.54, 1.807) is 25.1 Å². The summed E-state index contributed by atoms with van der Waals surface area (Å²) in [7, 11) is 1.44. The van der Waals surface area contributed by atoms with Crippen molar-refractivity contribution in [2.45, 2.75) is 13.8 Å². The number of anilines is 1. The number of non-ortho nitro benzene ring substituents is 1. The zero-order valence-electron chi connectivity index (χ0n) is 14.6. The molecule has 8 heteroatoms. The third-order valence-electron chi connectivity index (χ3n) is 3.60. The molecule has 0 aromatic heterocycles. The van der Waals surface area contributed by atoms with Gasteiger partial charge in [-0.05, 0) is 37.6 Å². The Kier molecular flexibility index (Phi) is 5.90. The highest BCUT2D eigenvalue weighted by Crippen LogP contribution is 2.22. The molecule has 136 valence electrons. The van der Waals surface area contributed by atoms with Gasteiger partial charge in [-0.2, -0.15) is 0 Å². The van der Waals surface area contributed by atoms with Crippen molar-refractivity contribution in [1.29, 1.82) is 0 Å². The summed E-state index contributed by atoms with van der Waals surface area (Å²) in [6, 6.07) is 9.10. The minimum absolute atomic E-state index is 0.0709. The van der Waals surface area contributed by atoms with Crippen LogP contribution in [-0.2, 0) is 9.53 Å². The van der Waals surface area contributed by atoms with Crippen LogP contribution < -0.4 is 10.1 Å². The zero-order chi connectivity index (χ0) is 19.3. The summed E-state index contributed by atoms with van der Waals surface area (Å²) in [5.41, 5.74) is 1.94. The molecule has 1 N–H and O–H groups in total. The molecule has 0 aliphatic rings. The second-order valence-electron chi connectivity index (χ2n) is 5.58. The van der Waals surface area contributed by atoms with Crippen molar-refractivity contribution in [1.82, 2.24) is 0 Å². The summed E-state index contributed by atoms with van der Waals surface area (Å²) in [5, 5.41) is 13.3. The molecule has 26 heavy (non-hydrogen) atoms. The van der Waals surface area contributed by atoms with E-state index in [4.69, 9.17) is 9.47 Å². The van der Waals surface area contributed by atoms with E-state index >= 15 is 0 Å². The monoisotopic (exact) mass is 358 g/mol. The van der Waals surface area contributed by atoms with Gasteiger partial charge in [0.2, 0.25) is 0 Å². The molecule has 0 bridgehead atoms. The van der Waals surface area contributed by atoms with Gasteiger partial charge in [-0.25, -0.2) is 4.79 Å². The molecule has 0 atom stereocenters. The van der Waals surface area contributed by atoms with Crippen molar-refractivity contribution in [3.05, 3.63) is 63.2 Å². The van der Waals surface area contributed by atoms with Gasteiger partial charge in [0.1, 0.15) is 11.3 Å². The average Bonchev–Trinajstić information content (AvgIpc) is 2.61. The molecule has 2 aromatic carbocycles. The maximum absolute atomic E-state index is 12.2. The number of nitro benzene ring substituents is 1. The zero-order valence-corrected chi connectivity index (χ0v) is 14.6. The van der Waals surface area contributed by atoms with Crippen LogP contribution in [0.4, 0.5) is 11.4 Å². The highest BCUT2D eigenvalue weighted by Gasteiger charge is 2.16. The molecule has 2 aromatic rings. The fourth-order valence-corrected chi connectivity index (χ4v) is 2.28. The number of nitro groups is 1. The lowest BCUT2D eigenvalue weighted by molar-refractivity contribution is -0.384. The average molecular weight is 358 g/mol. The van der Waals surface area contributed by atoms with Crippen molar-refractivity contribution in [2.24, 2.45) is 0 Å². The molecule has 0 unspecified atom stereocenters. The summed E-state index contributed by atoms with van der Waals surface area (Å²) in [4.78, 5) is 34.4. The van der Waals surface area contributed by atoms with Gasteiger partial charge in [-0.15, -0.1) is 0 Å². The van der Waals surface area contributed by atoms with Crippen LogP contribution in [0.3, 0.4) is 0 Å². The molecule has 0 saturated heterocycles. The highest BCUT2D eigenvalue weighted by molar-refractivity contribution is 5.97. The molecular formula is C18H18N2O6. The van der Waals surface area contributed by atoms with Gasteiger partial charge in [0.15, 0.2) is 6.61 Å². The smallest absolute Gasteiger partial charge is 0.342 e. The molecule has 0 spiro atoms. The first-order valence-corrected chi connectivity index (χ1v) is 7.68. The summed E-state index contributed by atoms with van der Waals surface area (Å²) in [5.74, 6) is -0.879. The number of methoxy groups -OCH3 is 1. The maximum Gasteiger partial charge on any atom is 0.342 e. The van der Waals surface area contributed by atoms with E-state index in [-0.39, 0.29) is 11.3 Å². The van der Waals surface area contributed by atoms with Gasteiger partial charge in [0, 0.05) is 17.8 Å². The molecule has 0 aliphatic carbocycles. The topological polar surface area (TPSA) is 108 Å². The van der Waals surface area contributed by atoms with E-state index in [0.717, 1.165) is 5.56 Å². The SMILES string of the molecule is COc1ccc(C)cc1C(=O)OCC(=O)Nc1ccc([N+](=O)[O-])cc1C. The fraction of sp³-hybridized carbons (Fsp3) is 0.222. The van der Waals surface area contributed by atoms with Crippen molar-refractivity contribution in [3.63, 3.8) is 0 Å². The Labute approximate surface area is 149 Å². The summed E-state index contributed by atoms with van der Waals surface area (Å²) < 4.78 is 10.1. The van der Waals surface area contributed by atoms with Crippen LogP contribution in [0.1, 0.15) is 21.5 Å². The summed E-state index contributed by atoms with van der Waals surface area (Å²) in [6.07, 6.45) is 0. The lowest BCUT2D eigenvalue weighted by Gasteiger charge is -2.11. The standard InChI is InChI=1S/C18H18N2O6/c1-11-4-7-16(25-3)14(8-11)18(22)26-10-17(21)19-15-6-5-13(20(23)24)9-12(15)2/h4-9H,10H2,1-3H3,(H,19,21). The molecule has 0 fully saturated rings. The summed E-state index contributed by atoms with van der Waals surface area (Å²) >= 11 is 0. The van der Waals surface area contributed by atoms with E-state index in [1.165, 1.54) is 25.3 Å². The van der Waals surface area contributed by atoms with E-state index in [9.17, 15) is 19.7 Å². The van der Waals surface area contributed by atoms with E-state index in [1.807, 2.05) is 6.92 Å². The third kappa shape index (κ3) is 4.56. The third-order valence-corrected chi connectivity index (χ3v) is 3.60. The largest absolute Gasteiger partial charge is 0.496 e. The van der Waals surface area contributed by atoms with Crippen LogP contribution in [0.2, 0.25) is 0 Å². The molecule has 2 rings (SSSR count). The fourth-order valence-electron chi connectivity index (χ4n) is 2.28. The number of carbonyl (C=O) groups excluding carboxylic acids is 2. The molecule has 8 nitrogen and oxygen atoms in total. The van der Waals surface area contributed by atoms with Gasteiger partial charge in [-0.3, -0.25) is 14.9 Å². The first-order chi connectivity index (χ1) is 12.3. The first-order valence-electron chi connectivity index (χ1n) is 7.68. The Balaban J connectivity index is 2.00. The Morgan fingerprint density at radius 3 is 2.50 bits per heavy atom. The predicted molar refractivity (Wildman–Crippen MR) is 94.5 cm³/mol. The number of nitrogens with one attached hydrogen (secondary N) is 1. The molecule has 0 radical (unpaired) electrons. The van der Waals surface area contributed by atoms with Crippen molar-refractivity contribution in [2.75, 3.05) is 19.0 Å². The van der Waals surface area contributed by atoms with Crippen molar-refractivity contribution in [3.8, 4) is 5.75 Å². The van der Waals surface area contributed by atoms with Crippen LogP contribution in [0.25, 0.3) is 0 Å². The molecule has 0 aliphatic heterocycles. The minimum atomic E-state index is -0.680. The Bertz CT molecular complexity index is 863. The second kappa shape index (κ2) is 8.11. The van der Waals surface area contributed by atoms with Gasteiger partial charge in [0.25, 0.3) is 11.6 Å². The van der Waals surface area contributed by atoms with Crippen molar-refractivity contribution < 1.29 is 24.0 Å². The number of ether oxygens (including phenoxy) is 2. The van der Waals surface area contributed by atoms with Gasteiger partial charge < -0.3 is 14.8 Å². The number of esters is 1. The number of hydrogen-bond acceptors (Lipinski definition) is 6. The Hall–Kier alpha value is -3.42. The normalized spacial score (nSPS) is 10.1. The maximum atomic E-state index is 12.2. The van der Waals surface area contributed by atoms with Crippen LogP contribution in [0.15, 0.2) is 36.4 Å². The van der Waals surface area contributed by atoms with Crippen LogP contribution in [0.5, 0.6) is 5.75 Å². The summed E-state index contributed by atoms with van der Waals surface area (Å²) in [6.45, 7) is 2.96. The molecule has 0 saturated carbocycles. The van der Waals surface area contributed by atoms with E-state index in [2.05, 4.69) is 5.32 Å². The quantitative estimate of drug-likeness (QED) is 0.483. The number of carbonyl (C=O) groups is 2. The van der Waals surface area contributed by atoms with Crippen LogP contribution >= 0.6 is 0 Å². The first kappa shape index (κ1) is 18.9. The number of benzene rings is 2. The molecular weight excluding hydrogens is 340 g/mol. The number of amides is 1. The van der Waals surface area contributed by atoms with Crippen molar-refractivity contribution >= 4 is 23.3 Å². The number of nitrogens with zero attached hydrogens (tertiary/aromatic N) is 1.